The van der Waals surface area contributed by atoms with Crippen LogP contribution < -0.4 is 4.90 Å². The monoisotopic (exact) mass is 338 g/mol. The van der Waals surface area contributed by atoms with Gasteiger partial charge in [-0.15, -0.1) is 0 Å². The topological polar surface area (TPSA) is 58.4 Å². The Labute approximate surface area is 147 Å². The van der Waals surface area contributed by atoms with Gasteiger partial charge in [0.25, 0.3) is 0 Å². The zero-order valence-corrected chi connectivity index (χ0v) is 14.3. The quantitative estimate of drug-likeness (QED) is 0.858. The summed E-state index contributed by atoms with van der Waals surface area (Å²) in [5.41, 5.74) is 1.94. The summed E-state index contributed by atoms with van der Waals surface area (Å²) in [5, 5.41) is 4.26. The van der Waals surface area contributed by atoms with E-state index in [9.17, 15) is 9.59 Å². The van der Waals surface area contributed by atoms with Crippen LogP contribution in [0.25, 0.3) is 0 Å². The van der Waals surface area contributed by atoms with Gasteiger partial charge in [-0.2, -0.15) is 5.10 Å². The summed E-state index contributed by atoms with van der Waals surface area (Å²) in [7, 11) is 0. The molecule has 3 heterocycles. The lowest BCUT2D eigenvalue weighted by Gasteiger charge is -2.31. The third-order valence-corrected chi connectivity index (χ3v) is 5.22. The van der Waals surface area contributed by atoms with E-state index in [4.69, 9.17) is 0 Å². The minimum atomic E-state index is -0.423. The molecule has 1 aromatic carbocycles. The molecule has 2 amide bonds. The van der Waals surface area contributed by atoms with Crippen LogP contribution in [-0.4, -0.2) is 45.1 Å². The fourth-order valence-electron chi connectivity index (χ4n) is 4.10. The number of carbonyl (C=O) groups is 2. The molecule has 0 N–H and O–H groups in total. The minimum absolute atomic E-state index is 0.0565. The highest BCUT2D eigenvalue weighted by Gasteiger charge is 2.41. The number of likely N-dealkylation sites (tertiary alicyclic amines) is 1. The van der Waals surface area contributed by atoms with E-state index in [1.54, 1.807) is 11.1 Å². The van der Waals surface area contributed by atoms with Crippen LogP contribution in [0.5, 0.6) is 0 Å². The van der Waals surface area contributed by atoms with E-state index in [1.165, 1.54) is 6.92 Å². The average molecular weight is 338 g/mol. The molecule has 25 heavy (non-hydrogen) atoms. The fraction of sp³-hybridized carbons (Fsp3) is 0.421. The Morgan fingerprint density at radius 3 is 2.84 bits per heavy atom. The van der Waals surface area contributed by atoms with E-state index >= 15 is 0 Å². The fourth-order valence-corrected chi connectivity index (χ4v) is 4.10. The maximum Gasteiger partial charge on any atom is 0.246 e. The van der Waals surface area contributed by atoms with Crippen LogP contribution in [0.15, 0.2) is 42.7 Å². The van der Waals surface area contributed by atoms with Gasteiger partial charge in [-0.25, -0.2) is 0 Å². The summed E-state index contributed by atoms with van der Waals surface area (Å²) in [6.07, 6.45) is 6.25. The van der Waals surface area contributed by atoms with Gasteiger partial charge in [0.2, 0.25) is 11.8 Å². The van der Waals surface area contributed by atoms with Gasteiger partial charge in [0.05, 0.1) is 12.6 Å². The van der Waals surface area contributed by atoms with Gasteiger partial charge in [-0.3, -0.25) is 19.2 Å². The summed E-state index contributed by atoms with van der Waals surface area (Å²) in [5.74, 6) is -0.0211. The van der Waals surface area contributed by atoms with E-state index in [0.29, 0.717) is 13.0 Å². The average Bonchev–Trinajstić information content (AvgIpc) is 3.33. The standard InChI is InChI=1S/C19H22N4O2/c1-14(24)23-17-8-3-2-6-15(17)12-18(23)19(25)22-11-4-7-16(22)13-21-10-5-9-20-21/h2-3,5-6,8-10,16,18H,4,7,11-13H2,1H3/t16-,18-/m0/s1. The predicted octanol–water partition coefficient (Wildman–Crippen LogP) is 1.85. The summed E-state index contributed by atoms with van der Waals surface area (Å²) in [6.45, 7) is 3.00. The maximum absolute atomic E-state index is 13.3. The highest BCUT2D eigenvalue weighted by atomic mass is 16.2. The number of aromatic nitrogens is 2. The molecule has 0 unspecified atom stereocenters. The van der Waals surface area contributed by atoms with Gasteiger partial charge in [0, 0.05) is 38.0 Å². The molecule has 1 saturated heterocycles. The first kappa shape index (κ1) is 15.9. The van der Waals surface area contributed by atoms with E-state index < -0.39 is 6.04 Å². The molecular weight excluding hydrogens is 316 g/mol. The largest absolute Gasteiger partial charge is 0.336 e. The lowest BCUT2D eigenvalue weighted by atomic mass is 10.1. The lowest BCUT2D eigenvalue weighted by Crippen LogP contribution is -2.51. The highest BCUT2D eigenvalue weighted by molar-refractivity contribution is 6.02. The Kier molecular flexibility index (Phi) is 4.03. The molecule has 0 radical (unpaired) electrons. The van der Waals surface area contributed by atoms with Crippen LogP contribution in [0.1, 0.15) is 25.3 Å². The zero-order chi connectivity index (χ0) is 17.4. The van der Waals surface area contributed by atoms with Crippen LogP contribution in [0.3, 0.4) is 0 Å². The molecule has 2 atom stereocenters. The smallest absolute Gasteiger partial charge is 0.246 e. The van der Waals surface area contributed by atoms with Crippen molar-refractivity contribution in [2.45, 2.75) is 44.8 Å². The number of para-hydroxylation sites is 1. The molecular formula is C19H22N4O2. The third kappa shape index (κ3) is 2.81. The normalized spacial score (nSPS) is 22.3. The van der Waals surface area contributed by atoms with Gasteiger partial charge in [-0.1, -0.05) is 18.2 Å². The van der Waals surface area contributed by atoms with Crippen molar-refractivity contribution in [2.24, 2.45) is 0 Å². The molecule has 130 valence electrons. The second-order valence-corrected chi connectivity index (χ2v) is 6.79. The van der Waals surface area contributed by atoms with Crippen molar-refractivity contribution in [2.75, 3.05) is 11.4 Å². The molecule has 0 saturated carbocycles. The number of hydrogen-bond acceptors (Lipinski definition) is 3. The Bertz CT molecular complexity index is 786. The van der Waals surface area contributed by atoms with Crippen molar-refractivity contribution in [3.8, 4) is 0 Å². The van der Waals surface area contributed by atoms with Crippen molar-refractivity contribution in [1.82, 2.24) is 14.7 Å². The molecule has 2 aromatic rings. The number of rotatable bonds is 3. The first-order chi connectivity index (χ1) is 12.1. The van der Waals surface area contributed by atoms with E-state index in [2.05, 4.69) is 5.10 Å². The summed E-state index contributed by atoms with van der Waals surface area (Å²) in [6, 6.07) is 9.42. The van der Waals surface area contributed by atoms with Gasteiger partial charge >= 0.3 is 0 Å². The molecule has 2 aliphatic rings. The molecule has 0 aliphatic carbocycles. The van der Waals surface area contributed by atoms with Crippen LogP contribution >= 0.6 is 0 Å². The number of amides is 2. The number of nitrogens with zero attached hydrogens (tertiary/aromatic N) is 4. The van der Waals surface area contributed by atoms with E-state index in [0.717, 1.165) is 30.6 Å². The van der Waals surface area contributed by atoms with Crippen molar-refractivity contribution in [3.63, 3.8) is 0 Å². The van der Waals surface area contributed by atoms with Crippen molar-refractivity contribution >= 4 is 17.5 Å². The SMILES string of the molecule is CC(=O)N1c2ccccc2C[C@H]1C(=O)N1CCC[C@H]1Cn1cccn1. The predicted molar refractivity (Wildman–Crippen MR) is 94.1 cm³/mol. The van der Waals surface area contributed by atoms with Crippen molar-refractivity contribution in [1.29, 1.82) is 0 Å². The first-order valence-electron chi connectivity index (χ1n) is 8.81. The highest BCUT2D eigenvalue weighted by Crippen LogP contribution is 2.34. The molecule has 4 rings (SSSR count). The summed E-state index contributed by atoms with van der Waals surface area (Å²) >= 11 is 0. The third-order valence-electron chi connectivity index (χ3n) is 5.22. The number of fused-ring (bicyclic) bond motifs is 1. The molecule has 1 fully saturated rings. The summed E-state index contributed by atoms with van der Waals surface area (Å²) < 4.78 is 1.88. The molecule has 6 nitrogen and oxygen atoms in total. The van der Waals surface area contributed by atoms with E-state index in [1.807, 2.05) is 46.1 Å². The Morgan fingerprint density at radius 1 is 1.24 bits per heavy atom. The molecule has 1 aromatic heterocycles. The molecule has 6 heteroatoms. The van der Waals surface area contributed by atoms with Crippen LogP contribution in [0.4, 0.5) is 5.69 Å². The van der Waals surface area contributed by atoms with Gasteiger partial charge in [0.15, 0.2) is 0 Å². The number of anilines is 1. The van der Waals surface area contributed by atoms with Gasteiger partial charge < -0.3 is 4.90 Å². The van der Waals surface area contributed by atoms with E-state index in [-0.39, 0.29) is 17.9 Å². The molecule has 2 aliphatic heterocycles. The van der Waals surface area contributed by atoms with Crippen LogP contribution in [-0.2, 0) is 22.6 Å². The van der Waals surface area contributed by atoms with Gasteiger partial charge in [-0.05, 0) is 30.5 Å². The molecule has 0 bridgehead atoms. The Balaban J connectivity index is 1.56. The minimum Gasteiger partial charge on any atom is -0.336 e. The van der Waals surface area contributed by atoms with Crippen molar-refractivity contribution in [3.05, 3.63) is 48.3 Å². The number of benzene rings is 1. The zero-order valence-electron chi connectivity index (χ0n) is 14.3. The van der Waals surface area contributed by atoms with Crippen LogP contribution in [0, 0.1) is 0 Å². The second-order valence-electron chi connectivity index (χ2n) is 6.79. The maximum atomic E-state index is 13.3. The summed E-state index contributed by atoms with van der Waals surface area (Å²) in [4.78, 5) is 29.1. The second kappa shape index (κ2) is 6.35. The Hall–Kier alpha value is -2.63. The molecule has 0 spiro atoms. The lowest BCUT2D eigenvalue weighted by molar-refractivity contribution is -0.135. The number of carbonyl (C=O) groups excluding carboxylic acids is 2. The first-order valence-corrected chi connectivity index (χ1v) is 8.81. The number of hydrogen-bond donors (Lipinski definition) is 0. The van der Waals surface area contributed by atoms with Crippen molar-refractivity contribution < 1.29 is 9.59 Å². The van der Waals surface area contributed by atoms with Crippen LogP contribution in [0.2, 0.25) is 0 Å². The Morgan fingerprint density at radius 2 is 2.08 bits per heavy atom. The van der Waals surface area contributed by atoms with Gasteiger partial charge in [0.1, 0.15) is 6.04 Å².